The highest BCUT2D eigenvalue weighted by molar-refractivity contribution is 6.30. The number of rotatable bonds is 4. The number of halogens is 1. The fraction of sp³-hybridized carbons (Fsp3) is 0.385. The molecule has 1 fully saturated rings. The van der Waals surface area contributed by atoms with Gasteiger partial charge in [-0.25, -0.2) is 9.97 Å². The molecule has 0 spiro atoms. The second kappa shape index (κ2) is 4.61. The van der Waals surface area contributed by atoms with Crippen LogP contribution in [0.1, 0.15) is 35.9 Å². The van der Waals surface area contributed by atoms with E-state index in [4.69, 9.17) is 16.0 Å². The van der Waals surface area contributed by atoms with E-state index in [2.05, 4.69) is 15.3 Å². The summed E-state index contributed by atoms with van der Waals surface area (Å²) >= 11 is 6.14. The Kier molecular flexibility index (Phi) is 2.96. The van der Waals surface area contributed by atoms with Crippen LogP contribution < -0.4 is 5.32 Å². The predicted molar refractivity (Wildman–Crippen MR) is 69.8 cm³/mol. The van der Waals surface area contributed by atoms with Crippen LogP contribution in [0.3, 0.4) is 0 Å². The highest BCUT2D eigenvalue weighted by Crippen LogP contribution is 2.39. The Labute approximate surface area is 110 Å². The van der Waals surface area contributed by atoms with Crippen LogP contribution in [0, 0.1) is 6.92 Å². The van der Waals surface area contributed by atoms with E-state index < -0.39 is 0 Å². The van der Waals surface area contributed by atoms with Gasteiger partial charge in [-0.3, -0.25) is 0 Å². The van der Waals surface area contributed by atoms with Crippen molar-refractivity contribution in [2.24, 2.45) is 0 Å². The number of aromatic nitrogens is 2. The van der Waals surface area contributed by atoms with Crippen molar-refractivity contribution in [1.29, 1.82) is 0 Å². The lowest BCUT2D eigenvalue weighted by atomic mass is 10.3. The minimum absolute atomic E-state index is 0.493. The Hall–Kier alpha value is -1.55. The highest BCUT2D eigenvalue weighted by atomic mass is 35.5. The topological polar surface area (TPSA) is 51.0 Å². The number of hydrogen-bond donors (Lipinski definition) is 1. The van der Waals surface area contributed by atoms with Crippen LogP contribution >= 0.6 is 11.6 Å². The molecule has 4 nitrogen and oxygen atoms in total. The average molecular weight is 264 g/mol. The van der Waals surface area contributed by atoms with E-state index in [0.29, 0.717) is 17.6 Å². The Morgan fingerprint density at radius 2 is 2.28 bits per heavy atom. The van der Waals surface area contributed by atoms with Crippen molar-refractivity contribution in [3.8, 4) is 0 Å². The van der Waals surface area contributed by atoms with Gasteiger partial charge in [-0.1, -0.05) is 11.6 Å². The maximum atomic E-state index is 6.14. The van der Waals surface area contributed by atoms with Gasteiger partial charge in [0.25, 0.3) is 0 Å². The van der Waals surface area contributed by atoms with Gasteiger partial charge >= 0.3 is 0 Å². The summed E-state index contributed by atoms with van der Waals surface area (Å²) in [4.78, 5) is 8.88. The summed E-state index contributed by atoms with van der Waals surface area (Å²) in [5.74, 6) is 3.02. The molecule has 0 aliphatic heterocycles. The predicted octanol–water partition coefficient (Wildman–Crippen LogP) is 3.52. The summed E-state index contributed by atoms with van der Waals surface area (Å²) in [6, 6.07) is 3.79. The molecule has 0 atom stereocenters. The van der Waals surface area contributed by atoms with Gasteiger partial charge in [0.05, 0.1) is 12.8 Å². The molecule has 0 bridgehead atoms. The van der Waals surface area contributed by atoms with Crippen LogP contribution in [0.4, 0.5) is 5.82 Å². The van der Waals surface area contributed by atoms with E-state index in [1.165, 1.54) is 0 Å². The first-order valence-electron chi connectivity index (χ1n) is 6.04. The minimum Gasteiger partial charge on any atom is -0.467 e. The molecule has 5 heteroatoms. The summed E-state index contributed by atoms with van der Waals surface area (Å²) < 4.78 is 5.28. The molecule has 2 aromatic rings. The average Bonchev–Trinajstić information content (AvgIpc) is 3.08. The first-order chi connectivity index (χ1) is 8.74. The Bertz CT molecular complexity index is 550. The Morgan fingerprint density at radius 3 is 2.94 bits per heavy atom. The van der Waals surface area contributed by atoms with Gasteiger partial charge in [-0.15, -0.1) is 0 Å². The third-order valence-corrected chi connectivity index (χ3v) is 3.42. The summed E-state index contributed by atoms with van der Waals surface area (Å²) in [6.45, 7) is 2.52. The zero-order chi connectivity index (χ0) is 12.5. The Balaban J connectivity index is 1.81. The van der Waals surface area contributed by atoms with E-state index in [0.717, 1.165) is 35.8 Å². The smallest absolute Gasteiger partial charge is 0.137 e. The van der Waals surface area contributed by atoms with Crippen molar-refractivity contribution >= 4 is 17.4 Å². The molecule has 1 saturated carbocycles. The van der Waals surface area contributed by atoms with Gasteiger partial charge < -0.3 is 9.73 Å². The standard InChI is InChI=1S/C13H14ClN3O/c1-8-11(14)16-13(9-4-5-9)17-12(8)15-7-10-3-2-6-18-10/h2-3,6,9H,4-5,7H2,1H3,(H,15,16,17). The van der Waals surface area contributed by atoms with Crippen LogP contribution in [0.25, 0.3) is 0 Å². The first-order valence-corrected chi connectivity index (χ1v) is 6.42. The van der Waals surface area contributed by atoms with Crippen LogP contribution in [-0.2, 0) is 6.54 Å². The lowest BCUT2D eigenvalue weighted by molar-refractivity contribution is 0.517. The van der Waals surface area contributed by atoms with Crippen LogP contribution in [0.5, 0.6) is 0 Å². The largest absolute Gasteiger partial charge is 0.467 e. The molecule has 1 aliphatic carbocycles. The minimum atomic E-state index is 0.493. The van der Waals surface area contributed by atoms with Crippen LogP contribution in [0.2, 0.25) is 5.15 Å². The molecule has 0 radical (unpaired) electrons. The van der Waals surface area contributed by atoms with Crippen molar-refractivity contribution in [2.45, 2.75) is 32.2 Å². The number of nitrogens with one attached hydrogen (secondary N) is 1. The number of furan rings is 1. The second-order valence-electron chi connectivity index (χ2n) is 4.55. The van der Waals surface area contributed by atoms with Crippen molar-refractivity contribution in [3.63, 3.8) is 0 Å². The molecule has 1 N–H and O–H groups in total. The van der Waals surface area contributed by atoms with Gasteiger partial charge in [0.15, 0.2) is 0 Å². The van der Waals surface area contributed by atoms with Crippen molar-refractivity contribution in [2.75, 3.05) is 5.32 Å². The van der Waals surface area contributed by atoms with E-state index >= 15 is 0 Å². The highest BCUT2D eigenvalue weighted by Gasteiger charge is 2.27. The zero-order valence-electron chi connectivity index (χ0n) is 10.1. The van der Waals surface area contributed by atoms with Crippen molar-refractivity contribution in [1.82, 2.24) is 9.97 Å². The molecule has 0 amide bonds. The number of anilines is 1. The summed E-state index contributed by atoms with van der Waals surface area (Å²) in [7, 11) is 0. The van der Waals surface area contributed by atoms with Gasteiger partial charge in [0.2, 0.25) is 0 Å². The zero-order valence-corrected chi connectivity index (χ0v) is 10.9. The van der Waals surface area contributed by atoms with E-state index in [1.807, 2.05) is 19.1 Å². The van der Waals surface area contributed by atoms with Crippen molar-refractivity contribution < 1.29 is 4.42 Å². The molecule has 94 valence electrons. The molecule has 0 aromatic carbocycles. The van der Waals surface area contributed by atoms with Crippen molar-refractivity contribution in [3.05, 3.63) is 40.7 Å². The lowest BCUT2D eigenvalue weighted by Gasteiger charge is -2.10. The summed E-state index contributed by atoms with van der Waals surface area (Å²) in [5.41, 5.74) is 0.882. The molecule has 18 heavy (non-hydrogen) atoms. The maximum absolute atomic E-state index is 6.14. The monoisotopic (exact) mass is 263 g/mol. The van der Waals surface area contributed by atoms with Gasteiger partial charge in [0.1, 0.15) is 22.6 Å². The molecule has 0 saturated heterocycles. The number of hydrogen-bond acceptors (Lipinski definition) is 4. The molecule has 3 rings (SSSR count). The van der Waals surface area contributed by atoms with Gasteiger partial charge in [0, 0.05) is 11.5 Å². The maximum Gasteiger partial charge on any atom is 0.137 e. The van der Waals surface area contributed by atoms with E-state index in [1.54, 1.807) is 6.26 Å². The lowest BCUT2D eigenvalue weighted by Crippen LogP contribution is -2.06. The fourth-order valence-corrected chi connectivity index (χ4v) is 1.96. The molecule has 0 unspecified atom stereocenters. The normalized spacial score (nSPS) is 14.8. The molecule has 2 aromatic heterocycles. The summed E-state index contributed by atoms with van der Waals surface area (Å²) in [6.07, 6.45) is 3.99. The molecular formula is C13H14ClN3O. The third kappa shape index (κ3) is 2.34. The fourth-order valence-electron chi connectivity index (χ4n) is 1.79. The van der Waals surface area contributed by atoms with E-state index in [9.17, 15) is 0 Å². The van der Waals surface area contributed by atoms with Gasteiger partial charge in [-0.05, 0) is 31.9 Å². The van der Waals surface area contributed by atoms with Crippen LogP contribution in [0.15, 0.2) is 22.8 Å². The van der Waals surface area contributed by atoms with Gasteiger partial charge in [-0.2, -0.15) is 0 Å². The quantitative estimate of drug-likeness (QED) is 0.858. The number of nitrogens with zero attached hydrogens (tertiary/aromatic N) is 2. The SMILES string of the molecule is Cc1c(Cl)nc(C2CC2)nc1NCc1ccco1. The molecule has 2 heterocycles. The molecule has 1 aliphatic rings. The second-order valence-corrected chi connectivity index (χ2v) is 4.91. The first kappa shape index (κ1) is 11.5. The third-order valence-electron chi connectivity index (χ3n) is 3.06. The molecular weight excluding hydrogens is 250 g/mol. The summed E-state index contributed by atoms with van der Waals surface area (Å²) in [5, 5.41) is 3.79. The Morgan fingerprint density at radius 1 is 1.44 bits per heavy atom. The van der Waals surface area contributed by atoms with Crippen LogP contribution in [-0.4, -0.2) is 9.97 Å². The van der Waals surface area contributed by atoms with E-state index in [-0.39, 0.29) is 0 Å².